The van der Waals surface area contributed by atoms with Crippen LogP contribution in [0.5, 0.6) is 0 Å². The van der Waals surface area contributed by atoms with Crippen LogP contribution >= 0.6 is 11.6 Å². The highest BCUT2D eigenvalue weighted by atomic mass is 35.5. The van der Waals surface area contributed by atoms with Crippen LogP contribution in [0, 0.1) is 5.92 Å². The fraction of sp³-hybridized carbons (Fsp3) is 0.500. The Bertz CT molecular complexity index is 367. The highest BCUT2D eigenvalue weighted by Gasteiger charge is 2.31. The average molecular weight is 229 g/mol. The average Bonchev–Trinajstić information content (AvgIpc) is 2.74. The third kappa shape index (κ3) is 1.87. The first kappa shape index (κ1) is 10.5. The predicted molar refractivity (Wildman–Crippen MR) is 56.8 cm³/mol. The van der Waals surface area contributed by atoms with Gasteiger partial charge in [0, 0.05) is 19.1 Å². The number of carbonyl (C=O) groups excluding carboxylic acids is 1. The van der Waals surface area contributed by atoms with Gasteiger partial charge in [0.15, 0.2) is 0 Å². The molecule has 0 saturated carbocycles. The van der Waals surface area contributed by atoms with Crippen molar-refractivity contribution in [1.29, 1.82) is 0 Å². The Hall–Kier alpha value is -1.00. The third-order valence-corrected chi connectivity index (χ3v) is 3.10. The van der Waals surface area contributed by atoms with Crippen LogP contribution in [-0.4, -0.2) is 29.9 Å². The van der Waals surface area contributed by atoms with Gasteiger partial charge in [-0.05, 0) is 23.6 Å². The van der Waals surface area contributed by atoms with Gasteiger partial charge in [-0.15, -0.1) is 0 Å². The summed E-state index contributed by atoms with van der Waals surface area (Å²) in [5.74, 6) is 0.230. The second-order valence-electron chi connectivity index (χ2n) is 3.96. The molecular formula is C10H13ClN2O2. The van der Waals surface area contributed by atoms with E-state index in [-0.39, 0.29) is 17.2 Å². The van der Waals surface area contributed by atoms with E-state index in [4.69, 9.17) is 21.8 Å². The molecule has 4 nitrogen and oxygen atoms in total. The van der Waals surface area contributed by atoms with E-state index in [0.717, 1.165) is 0 Å². The van der Waals surface area contributed by atoms with Crippen molar-refractivity contribution in [2.75, 3.05) is 13.1 Å². The smallest absolute Gasteiger partial charge is 0.258 e. The van der Waals surface area contributed by atoms with Gasteiger partial charge in [0.2, 0.25) is 5.22 Å². The summed E-state index contributed by atoms with van der Waals surface area (Å²) in [5.41, 5.74) is 6.26. The largest absolute Gasteiger partial charge is 0.452 e. The standard InChI is InChI=1S/C10H13ClN2O2/c1-6-4-13(5-8(6)12)10(14)7-2-3-15-9(7)11/h2-3,6,8H,4-5,12H2,1H3. The summed E-state index contributed by atoms with van der Waals surface area (Å²) in [7, 11) is 0. The summed E-state index contributed by atoms with van der Waals surface area (Å²) in [6, 6.07) is 1.64. The highest BCUT2D eigenvalue weighted by Crippen LogP contribution is 2.22. The van der Waals surface area contributed by atoms with E-state index in [1.165, 1.54) is 6.26 Å². The Morgan fingerprint density at radius 3 is 2.87 bits per heavy atom. The van der Waals surface area contributed by atoms with Gasteiger partial charge in [0.25, 0.3) is 5.91 Å². The van der Waals surface area contributed by atoms with Crippen molar-refractivity contribution in [3.63, 3.8) is 0 Å². The number of amides is 1. The van der Waals surface area contributed by atoms with E-state index in [9.17, 15) is 4.79 Å². The molecular weight excluding hydrogens is 216 g/mol. The molecule has 1 aliphatic rings. The monoisotopic (exact) mass is 228 g/mol. The molecule has 2 heterocycles. The van der Waals surface area contributed by atoms with Crippen molar-refractivity contribution in [2.45, 2.75) is 13.0 Å². The van der Waals surface area contributed by atoms with Crippen molar-refractivity contribution in [3.8, 4) is 0 Å². The minimum atomic E-state index is -0.103. The van der Waals surface area contributed by atoms with Crippen LogP contribution in [0.3, 0.4) is 0 Å². The van der Waals surface area contributed by atoms with Crippen LogP contribution in [0.25, 0.3) is 0 Å². The van der Waals surface area contributed by atoms with Crippen LogP contribution in [0.15, 0.2) is 16.7 Å². The molecule has 0 bridgehead atoms. The fourth-order valence-corrected chi connectivity index (χ4v) is 1.97. The first-order chi connectivity index (χ1) is 7.09. The molecule has 2 N–H and O–H groups in total. The number of carbonyl (C=O) groups is 1. The molecule has 1 aromatic heterocycles. The van der Waals surface area contributed by atoms with Gasteiger partial charge in [0.1, 0.15) is 0 Å². The second-order valence-corrected chi connectivity index (χ2v) is 4.30. The summed E-state index contributed by atoms with van der Waals surface area (Å²) in [5, 5.41) is 0.146. The Morgan fingerprint density at radius 1 is 1.67 bits per heavy atom. The first-order valence-corrected chi connectivity index (χ1v) is 5.25. The van der Waals surface area contributed by atoms with E-state index >= 15 is 0 Å². The van der Waals surface area contributed by atoms with Gasteiger partial charge in [0.05, 0.1) is 11.8 Å². The van der Waals surface area contributed by atoms with Crippen molar-refractivity contribution in [2.24, 2.45) is 11.7 Å². The molecule has 82 valence electrons. The summed E-state index contributed by atoms with van der Waals surface area (Å²) in [4.78, 5) is 13.7. The summed E-state index contributed by atoms with van der Waals surface area (Å²) in [6.07, 6.45) is 1.41. The van der Waals surface area contributed by atoms with E-state index in [1.807, 2.05) is 6.92 Å². The maximum atomic E-state index is 11.9. The number of halogens is 1. The van der Waals surface area contributed by atoms with Crippen LogP contribution in [0.4, 0.5) is 0 Å². The molecule has 0 radical (unpaired) electrons. The number of rotatable bonds is 1. The van der Waals surface area contributed by atoms with Crippen LogP contribution < -0.4 is 5.73 Å². The molecule has 1 aromatic rings. The number of likely N-dealkylation sites (tertiary alicyclic amines) is 1. The van der Waals surface area contributed by atoms with E-state index in [0.29, 0.717) is 24.6 Å². The van der Waals surface area contributed by atoms with E-state index < -0.39 is 0 Å². The maximum Gasteiger partial charge on any atom is 0.258 e. The second kappa shape index (κ2) is 3.87. The molecule has 0 spiro atoms. The Morgan fingerprint density at radius 2 is 2.40 bits per heavy atom. The zero-order chi connectivity index (χ0) is 11.0. The molecule has 2 rings (SSSR count). The lowest BCUT2D eigenvalue weighted by Gasteiger charge is -2.14. The van der Waals surface area contributed by atoms with Gasteiger partial charge in [-0.1, -0.05) is 6.92 Å². The van der Waals surface area contributed by atoms with Crippen molar-refractivity contribution >= 4 is 17.5 Å². The summed E-state index contributed by atoms with van der Waals surface area (Å²) in [6.45, 7) is 3.30. The molecule has 2 unspecified atom stereocenters. The van der Waals surface area contributed by atoms with Gasteiger partial charge >= 0.3 is 0 Å². The molecule has 1 aliphatic heterocycles. The quantitative estimate of drug-likeness (QED) is 0.790. The topological polar surface area (TPSA) is 59.5 Å². The van der Waals surface area contributed by atoms with Gasteiger partial charge in [-0.2, -0.15) is 0 Å². The highest BCUT2D eigenvalue weighted by molar-refractivity contribution is 6.32. The predicted octanol–water partition coefficient (Wildman–Crippen LogP) is 1.35. The Kier molecular flexibility index (Phi) is 2.71. The fourth-order valence-electron chi connectivity index (χ4n) is 1.77. The lowest BCUT2D eigenvalue weighted by molar-refractivity contribution is 0.0786. The van der Waals surface area contributed by atoms with E-state index in [1.54, 1.807) is 11.0 Å². The van der Waals surface area contributed by atoms with Crippen LogP contribution in [0.1, 0.15) is 17.3 Å². The van der Waals surface area contributed by atoms with Gasteiger partial charge in [-0.25, -0.2) is 0 Å². The zero-order valence-corrected chi connectivity index (χ0v) is 9.20. The van der Waals surface area contributed by atoms with Crippen LogP contribution in [-0.2, 0) is 0 Å². The molecule has 1 amide bonds. The summed E-state index contributed by atoms with van der Waals surface area (Å²) >= 11 is 5.74. The SMILES string of the molecule is CC1CN(C(=O)c2ccoc2Cl)CC1N. The Labute approximate surface area is 93.0 Å². The van der Waals surface area contributed by atoms with Crippen molar-refractivity contribution in [3.05, 3.63) is 23.1 Å². The van der Waals surface area contributed by atoms with Crippen molar-refractivity contribution < 1.29 is 9.21 Å². The molecule has 0 aliphatic carbocycles. The van der Waals surface area contributed by atoms with Gasteiger partial charge in [-0.3, -0.25) is 4.79 Å². The Balaban J connectivity index is 2.13. The van der Waals surface area contributed by atoms with Crippen LogP contribution in [0.2, 0.25) is 5.22 Å². The zero-order valence-electron chi connectivity index (χ0n) is 8.44. The lowest BCUT2D eigenvalue weighted by atomic mass is 10.1. The number of nitrogens with zero attached hydrogens (tertiary/aromatic N) is 1. The number of furan rings is 1. The number of nitrogens with two attached hydrogens (primary N) is 1. The molecule has 2 atom stereocenters. The molecule has 5 heteroatoms. The molecule has 0 aromatic carbocycles. The minimum Gasteiger partial charge on any atom is -0.452 e. The van der Waals surface area contributed by atoms with Crippen molar-refractivity contribution in [1.82, 2.24) is 4.90 Å². The molecule has 15 heavy (non-hydrogen) atoms. The normalized spacial score (nSPS) is 25.9. The number of hydrogen-bond donors (Lipinski definition) is 1. The van der Waals surface area contributed by atoms with E-state index in [2.05, 4.69) is 0 Å². The lowest BCUT2D eigenvalue weighted by Crippen LogP contribution is -2.32. The van der Waals surface area contributed by atoms with Gasteiger partial charge < -0.3 is 15.1 Å². The molecule has 1 saturated heterocycles. The summed E-state index contributed by atoms with van der Waals surface area (Å²) < 4.78 is 4.89. The molecule has 1 fully saturated rings. The minimum absolute atomic E-state index is 0.0552. The maximum absolute atomic E-state index is 11.9. The third-order valence-electron chi connectivity index (χ3n) is 2.81. The number of hydrogen-bond acceptors (Lipinski definition) is 3. The first-order valence-electron chi connectivity index (χ1n) is 4.87.